The SMILES string of the molecule is CC1CN(C(=O)CCN2C(=O)NC3(CCCCC3)C2=O)C(=Nc2ccc(Cl)c(Cl)c2)S1. The molecule has 0 radical (unpaired) electrons. The number of amidine groups is 1. The molecule has 1 atom stereocenters. The molecular weight excluding hydrogens is 459 g/mol. The molecule has 3 fully saturated rings. The van der Waals surface area contributed by atoms with E-state index in [2.05, 4.69) is 10.3 Å². The van der Waals surface area contributed by atoms with Crippen molar-refractivity contribution in [2.75, 3.05) is 13.1 Å². The molecule has 1 spiro atoms. The van der Waals surface area contributed by atoms with Gasteiger partial charge in [-0.05, 0) is 31.0 Å². The Bertz CT molecular complexity index is 949. The van der Waals surface area contributed by atoms with Crippen LogP contribution in [0, 0.1) is 0 Å². The van der Waals surface area contributed by atoms with Gasteiger partial charge < -0.3 is 5.32 Å². The van der Waals surface area contributed by atoms with Crippen LogP contribution >= 0.6 is 35.0 Å². The summed E-state index contributed by atoms with van der Waals surface area (Å²) in [6, 6.07) is 4.66. The van der Waals surface area contributed by atoms with Crippen LogP contribution in [0.5, 0.6) is 0 Å². The summed E-state index contributed by atoms with van der Waals surface area (Å²) < 4.78 is 0. The van der Waals surface area contributed by atoms with Crippen LogP contribution in [0.15, 0.2) is 23.2 Å². The Hall–Kier alpha value is -1.77. The number of urea groups is 1. The van der Waals surface area contributed by atoms with Gasteiger partial charge in [0.1, 0.15) is 5.54 Å². The smallest absolute Gasteiger partial charge is 0.323 e. The number of rotatable bonds is 4. The van der Waals surface area contributed by atoms with Crippen LogP contribution < -0.4 is 5.32 Å². The van der Waals surface area contributed by atoms with Gasteiger partial charge in [-0.15, -0.1) is 0 Å². The van der Waals surface area contributed by atoms with Crippen LogP contribution in [0.1, 0.15) is 45.4 Å². The Morgan fingerprint density at radius 1 is 1.23 bits per heavy atom. The van der Waals surface area contributed by atoms with Crippen molar-refractivity contribution in [3.8, 4) is 0 Å². The Kier molecular flexibility index (Phi) is 6.51. The number of hydrogen-bond acceptors (Lipinski definition) is 5. The molecule has 1 aromatic rings. The minimum absolute atomic E-state index is 0.0584. The van der Waals surface area contributed by atoms with Gasteiger partial charge >= 0.3 is 6.03 Å². The van der Waals surface area contributed by atoms with E-state index in [1.807, 2.05) is 6.92 Å². The Balaban J connectivity index is 1.43. The van der Waals surface area contributed by atoms with Crippen molar-refractivity contribution < 1.29 is 14.4 Å². The second-order valence-corrected chi connectivity index (χ2v) is 10.4. The lowest BCUT2D eigenvalue weighted by atomic mass is 9.82. The molecule has 2 aliphatic heterocycles. The average molecular weight is 483 g/mol. The van der Waals surface area contributed by atoms with Gasteiger partial charge in [-0.3, -0.25) is 19.4 Å². The van der Waals surface area contributed by atoms with E-state index in [1.165, 1.54) is 16.7 Å². The van der Waals surface area contributed by atoms with E-state index in [9.17, 15) is 14.4 Å². The molecule has 1 saturated carbocycles. The van der Waals surface area contributed by atoms with Gasteiger partial charge in [-0.2, -0.15) is 0 Å². The van der Waals surface area contributed by atoms with Gasteiger partial charge in [0.25, 0.3) is 5.91 Å². The summed E-state index contributed by atoms with van der Waals surface area (Å²) in [6.07, 6.45) is 4.33. The van der Waals surface area contributed by atoms with Crippen LogP contribution in [-0.4, -0.2) is 56.7 Å². The quantitative estimate of drug-likeness (QED) is 0.636. The van der Waals surface area contributed by atoms with E-state index in [-0.39, 0.29) is 30.0 Å². The number of hydrogen-bond donors (Lipinski definition) is 1. The summed E-state index contributed by atoms with van der Waals surface area (Å²) in [5, 5.41) is 4.49. The number of aliphatic imine (C=N–C) groups is 1. The first-order valence-corrected chi connectivity index (χ1v) is 12.1. The molecular formula is C21H24Cl2N4O3S. The van der Waals surface area contributed by atoms with Crippen LogP contribution in [0.2, 0.25) is 10.0 Å². The lowest BCUT2D eigenvalue weighted by Gasteiger charge is -2.30. The van der Waals surface area contributed by atoms with Gasteiger partial charge in [-0.1, -0.05) is 61.1 Å². The number of carbonyl (C=O) groups excluding carboxylic acids is 3. The Morgan fingerprint density at radius 2 is 1.97 bits per heavy atom. The fourth-order valence-corrected chi connectivity index (χ4v) is 5.63. The average Bonchev–Trinajstić information content (AvgIpc) is 3.21. The third-order valence-corrected chi connectivity index (χ3v) is 7.72. The maximum Gasteiger partial charge on any atom is 0.325 e. The number of imide groups is 1. The van der Waals surface area contributed by atoms with Crippen molar-refractivity contribution in [1.29, 1.82) is 0 Å². The molecule has 166 valence electrons. The van der Waals surface area contributed by atoms with Crippen LogP contribution in [0.25, 0.3) is 0 Å². The first-order chi connectivity index (χ1) is 14.8. The molecule has 1 unspecified atom stereocenters. The molecule has 0 bridgehead atoms. The van der Waals surface area contributed by atoms with Crippen LogP contribution in [0.3, 0.4) is 0 Å². The number of benzene rings is 1. The lowest BCUT2D eigenvalue weighted by molar-refractivity contribution is -0.133. The highest BCUT2D eigenvalue weighted by Crippen LogP contribution is 2.34. The number of nitrogens with one attached hydrogen (secondary N) is 1. The molecule has 4 rings (SSSR count). The number of nitrogens with zero attached hydrogens (tertiary/aromatic N) is 3. The first kappa shape index (κ1) is 22.4. The van der Waals surface area contributed by atoms with Crippen molar-refractivity contribution in [3.63, 3.8) is 0 Å². The molecule has 7 nitrogen and oxygen atoms in total. The highest BCUT2D eigenvalue weighted by molar-refractivity contribution is 8.14. The van der Waals surface area contributed by atoms with Crippen molar-refractivity contribution >= 4 is 63.7 Å². The van der Waals surface area contributed by atoms with Gasteiger partial charge in [0, 0.05) is 24.8 Å². The zero-order valence-corrected chi connectivity index (χ0v) is 19.5. The van der Waals surface area contributed by atoms with E-state index in [4.69, 9.17) is 23.2 Å². The Labute approximate surface area is 195 Å². The summed E-state index contributed by atoms with van der Waals surface area (Å²) in [4.78, 5) is 45.7. The minimum atomic E-state index is -0.767. The summed E-state index contributed by atoms with van der Waals surface area (Å²) in [5.74, 6) is -0.361. The highest BCUT2D eigenvalue weighted by Gasteiger charge is 2.51. The summed E-state index contributed by atoms with van der Waals surface area (Å²) in [6.45, 7) is 2.61. The van der Waals surface area contributed by atoms with Crippen molar-refractivity contribution in [2.45, 2.75) is 56.2 Å². The van der Waals surface area contributed by atoms with Crippen molar-refractivity contribution in [2.24, 2.45) is 4.99 Å². The molecule has 1 N–H and O–H groups in total. The number of carbonyl (C=O) groups is 3. The summed E-state index contributed by atoms with van der Waals surface area (Å²) >= 11 is 13.5. The molecule has 4 amide bonds. The lowest BCUT2D eigenvalue weighted by Crippen LogP contribution is -2.48. The van der Waals surface area contributed by atoms with E-state index >= 15 is 0 Å². The second kappa shape index (κ2) is 9.00. The van der Waals surface area contributed by atoms with Crippen LogP contribution in [0.4, 0.5) is 10.5 Å². The van der Waals surface area contributed by atoms with E-state index < -0.39 is 11.6 Å². The summed E-state index contributed by atoms with van der Waals surface area (Å²) in [5.41, 5.74) is -0.159. The second-order valence-electron chi connectivity index (χ2n) is 8.21. The number of thioether (sulfide) groups is 1. The zero-order valence-electron chi connectivity index (χ0n) is 17.2. The third kappa shape index (κ3) is 4.56. The van der Waals surface area contributed by atoms with Gasteiger partial charge in [-0.25, -0.2) is 9.79 Å². The molecule has 31 heavy (non-hydrogen) atoms. The molecule has 1 aromatic carbocycles. The summed E-state index contributed by atoms with van der Waals surface area (Å²) in [7, 11) is 0. The number of halogens is 2. The maximum absolute atomic E-state index is 13.0. The predicted octanol–water partition coefficient (Wildman–Crippen LogP) is 4.59. The standard InChI is InChI=1S/C21H24Cl2N4O3S/c1-13-12-27(20(31-13)24-14-5-6-15(22)16(23)11-14)17(28)7-10-26-18(29)21(25-19(26)30)8-3-2-4-9-21/h5-6,11,13H,2-4,7-10,12H2,1H3,(H,25,30). The maximum atomic E-state index is 13.0. The predicted molar refractivity (Wildman–Crippen MR) is 123 cm³/mol. The molecule has 2 saturated heterocycles. The topological polar surface area (TPSA) is 82.1 Å². The van der Waals surface area contributed by atoms with Crippen molar-refractivity contribution in [3.05, 3.63) is 28.2 Å². The van der Waals surface area contributed by atoms with Gasteiger partial charge in [0.15, 0.2) is 5.17 Å². The Morgan fingerprint density at radius 3 is 2.68 bits per heavy atom. The van der Waals surface area contributed by atoms with Gasteiger partial charge in [0.2, 0.25) is 5.91 Å². The van der Waals surface area contributed by atoms with E-state index in [1.54, 1.807) is 23.1 Å². The molecule has 10 heteroatoms. The largest absolute Gasteiger partial charge is 0.325 e. The number of amides is 4. The van der Waals surface area contributed by atoms with Crippen LogP contribution in [-0.2, 0) is 9.59 Å². The molecule has 2 heterocycles. The first-order valence-electron chi connectivity index (χ1n) is 10.4. The monoisotopic (exact) mass is 482 g/mol. The van der Waals surface area contributed by atoms with E-state index in [0.29, 0.717) is 40.3 Å². The van der Waals surface area contributed by atoms with Crippen molar-refractivity contribution in [1.82, 2.24) is 15.1 Å². The minimum Gasteiger partial charge on any atom is -0.323 e. The molecule has 3 aliphatic rings. The van der Waals surface area contributed by atoms with Gasteiger partial charge in [0.05, 0.1) is 15.7 Å². The third-order valence-electron chi connectivity index (χ3n) is 5.91. The zero-order chi connectivity index (χ0) is 22.2. The fourth-order valence-electron chi connectivity index (χ4n) is 4.29. The normalized spacial score (nSPS) is 24.4. The van der Waals surface area contributed by atoms with E-state index in [0.717, 1.165) is 19.3 Å². The highest BCUT2D eigenvalue weighted by atomic mass is 35.5. The molecule has 1 aliphatic carbocycles. The fraction of sp³-hybridized carbons (Fsp3) is 0.524. The molecule has 0 aromatic heterocycles.